The molecule has 0 spiro atoms. The number of carbonyl (C=O) groups excluding carboxylic acids is 1. The third kappa shape index (κ3) is 4.19. The van der Waals surface area contributed by atoms with Gasteiger partial charge in [-0.1, -0.05) is 12.1 Å². The van der Waals surface area contributed by atoms with Crippen molar-refractivity contribution in [3.63, 3.8) is 0 Å². The molecule has 1 atom stereocenters. The van der Waals surface area contributed by atoms with Crippen LogP contribution in [0.25, 0.3) is 0 Å². The minimum atomic E-state index is -3.42. The summed E-state index contributed by atoms with van der Waals surface area (Å²) in [5.41, 5.74) is 6.55. The van der Waals surface area contributed by atoms with Gasteiger partial charge in [0.1, 0.15) is 0 Å². The van der Waals surface area contributed by atoms with E-state index in [1.165, 1.54) is 11.4 Å². The van der Waals surface area contributed by atoms with Crippen LogP contribution in [0.4, 0.5) is 0 Å². The molecule has 0 radical (unpaired) electrons. The molecule has 0 aliphatic carbocycles. The normalized spacial score (nSPS) is 18.7. The van der Waals surface area contributed by atoms with Crippen LogP contribution in [0.15, 0.2) is 24.3 Å². The molecular weight excluding hydrogens is 328 g/mol. The van der Waals surface area contributed by atoms with Gasteiger partial charge in [0, 0.05) is 19.1 Å². The van der Waals surface area contributed by atoms with E-state index in [9.17, 15) is 13.2 Å². The zero-order chi connectivity index (χ0) is 15.5. The topological polar surface area (TPSA) is 89.7 Å². The summed E-state index contributed by atoms with van der Waals surface area (Å²) in [6, 6.07) is 6.38. The maximum Gasteiger partial charge on any atom is 0.337 e. The van der Waals surface area contributed by atoms with Crippen LogP contribution in [-0.2, 0) is 20.5 Å². The summed E-state index contributed by atoms with van der Waals surface area (Å²) < 4.78 is 31.1. The van der Waals surface area contributed by atoms with E-state index in [1.54, 1.807) is 24.3 Å². The Hall–Kier alpha value is -1.15. The summed E-state index contributed by atoms with van der Waals surface area (Å²) in [6.07, 6.45) is 1.64. The summed E-state index contributed by atoms with van der Waals surface area (Å²) in [6.45, 7) is 0.850. The van der Waals surface area contributed by atoms with E-state index in [4.69, 9.17) is 5.73 Å². The van der Waals surface area contributed by atoms with Crippen molar-refractivity contribution in [1.82, 2.24) is 4.31 Å². The first kappa shape index (κ1) is 18.9. The maximum absolute atomic E-state index is 12.5. The van der Waals surface area contributed by atoms with Gasteiger partial charge in [0.2, 0.25) is 10.0 Å². The number of nitrogens with zero attached hydrogens (tertiary/aromatic N) is 1. The molecule has 1 aliphatic rings. The molecule has 1 saturated heterocycles. The van der Waals surface area contributed by atoms with Crippen molar-refractivity contribution in [3.8, 4) is 0 Å². The lowest BCUT2D eigenvalue weighted by molar-refractivity contribution is 0.0600. The number of hydrogen-bond donors (Lipinski definition) is 1. The third-order valence-corrected chi connectivity index (χ3v) is 5.54. The van der Waals surface area contributed by atoms with Crippen molar-refractivity contribution in [2.24, 2.45) is 5.73 Å². The molecule has 0 bridgehead atoms. The van der Waals surface area contributed by atoms with Gasteiger partial charge in [-0.05, 0) is 30.5 Å². The summed E-state index contributed by atoms with van der Waals surface area (Å²) in [5, 5.41) is 0. The number of esters is 1. The number of benzene rings is 1. The van der Waals surface area contributed by atoms with Gasteiger partial charge in [0.05, 0.1) is 18.4 Å². The monoisotopic (exact) mass is 348 g/mol. The van der Waals surface area contributed by atoms with Gasteiger partial charge in [-0.2, -0.15) is 4.31 Å². The Morgan fingerprint density at radius 2 is 2.18 bits per heavy atom. The van der Waals surface area contributed by atoms with Crippen LogP contribution in [0.1, 0.15) is 28.8 Å². The molecule has 2 N–H and O–H groups in total. The number of nitrogens with two attached hydrogens (primary N) is 1. The van der Waals surface area contributed by atoms with E-state index in [0.717, 1.165) is 12.8 Å². The van der Waals surface area contributed by atoms with Gasteiger partial charge in [0.25, 0.3) is 0 Å². The van der Waals surface area contributed by atoms with Crippen molar-refractivity contribution >= 4 is 28.4 Å². The van der Waals surface area contributed by atoms with Crippen molar-refractivity contribution in [3.05, 3.63) is 35.4 Å². The third-order valence-electron chi connectivity index (χ3n) is 3.65. The van der Waals surface area contributed by atoms with E-state index in [0.29, 0.717) is 24.2 Å². The Kier molecular flexibility index (Phi) is 6.80. The molecule has 1 unspecified atom stereocenters. The minimum absolute atomic E-state index is 0. The van der Waals surface area contributed by atoms with Gasteiger partial charge in [0.15, 0.2) is 0 Å². The second-order valence-electron chi connectivity index (χ2n) is 5.09. The first-order valence-corrected chi connectivity index (χ1v) is 8.45. The molecule has 0 aromatic heterocycles. The molecule has 8 heteroatoms. The highest BCUT2D eigenvalue weighted by Gasteiger charge is 2.33. The number of sulfonamides is 1. The maximum atomic E-state index is 12.5. The quantitative estimate of drug-likeness (QED) is 0.806. The highest BCUT2D eigenvalue weighted by atomic mass is 35.5. The van der Waals surface area contributed by atoms with Gasteiger partial charge in [-0.15, -0.1) is 12.4 Å². The van der Waals surface area contributed by atoms with Gasteiger partial charge >= 0.3 is 5.97 Å². The van der Waals surface area contributed by atoms with Crippen LogP contribution < -0.4 is 5.73 Å². The SMILES string of the molecule is COC(=O)c1cccc(CS(=O)(=O)N2CCCC2CN)c1.Cl. The molecule has 0 saturated carbocycles. The lowest BCUT2D eigenvalue weighted by Gasteiger charge is -2.22. The fraction of sp³-hybridized carbons (Fsp3) is 0.500. The molecule has 0 amide bonds. The summed E-state index contributed by atoms with van der Waals surface area (Å²) in [5.74, 6) is -0.607. The Morgan fingerprint density at radius 3 is 2.82 bits per heavy atom. The first-order chi connectivity index (χ1) is 9.97. The number of ether oxygens (including phenoxy) is 1. The van der Waals surface area contributed by atoms with E-state index in [-0.39, 0.29) is 24.2 Å². The molecule has 1 aromatic carbocycles. The number of carbonyl (C=O) groups is 1. The van der Waals surface area contributed by atoms with Crippen LogP contribution in [0, 0.1) is 0 Å². The van der Waals surface area contributed by atoms with Crippen LogP contribution >= 0.6 is 12.4 Å². The second kappa shape index (κ2) is 7.92. The average molecular weight is 349 g/mol. The summed E-state index contributed by atoms with van der Waals surface area (Å²) in [4.78, 5) is 11.5. The average Bonchev–Trinajstić information content (AvgIpc) is 2.95. The number of methoxy groups -OCH3 is 1. The standard InChI is InChI=1S/C14H20N2O4S.ClH/c1-20-14(17)12-5-2-4-11(8-12)10-21(18,19)16-7-3-6-13(16)9-15;/h2,4-5,8,13H,3,6-7,9-10,15H2,1H3;1H. The molecule has 1 aromatic rings. The van der Waals surface area contributed by atoms with Crippen LogP contribution in [-0.4, -0.2) is 44.9 Å². The highest BCUT2D eigenvalue weighted by Crippen LogP contribution is 2.23. The van der Waals surface area contributed by atoms with Crippen LogP contribution in [0.3, 0.4) is 0 Å². The molecule has 22 heavy (non-hydrogen) atoms. The van der Waals surface area contributed by atoms with E-state index < -0.39 is 16.0 Å². The van der Waals surface area contributed by atoms with E-state index in [1.807, 2.05) is 0 Å². The van der Waals surface area contributed by atoms with E-state index in [2.05, 4.69) is 4.74 Å². The van der Waals surface area contributed by atoms with Crippen LogP contribution in [0.2, 0.25) is 0 Å². The highest BCUT2D eigenvalue weighted by molar-refractivity contribution is 7.88. The van der Waals surface area contributed by atoms with Crippen molar-refractivity contribution in [2.45, 2.75) is 24.6 Å². The minimum Gasteiger partial charge on any atom is -0.465 e. The molecule has 1 aliphatic heterocycles. The van der Waals surface area contributed by atoms with E-state index >= 15 is 0 Å². The van der Waals surface area contributed by atoms with Gasteiger partial charge < -0.3 is 10.5 Å². The van der Waals surface area contributed by atoms with Crippen molar-refractivity contribution in [2.75, 3.05) is 20.2 Å². The molecule has 1 fully saturated rings. The first-order valence-electron chi connectivity index (χ1n) is 6.85. The summed E-state index contributed by atoms with van der Waals surface area (Å²) in [7, 11) is -2.13. The fourth-order valence-corrected chi connectivity index (χ4v) is 4.43. The zero-order valence-electron chi connectivity index (χ0n) is 12.4. The van der Waals surface area contributed by atoms with Gasteiger partial charge in [-0.3, -0.25) is 0 Å². The summed E-state index contributed by atoms with van der Waals surface area (Å²) >= 11 is 0. The van der Waals surface area contributed by atoms with Crippen LogP contribution in [0.5, 0.6) is 0 Å². The second-order valence-corrected chi connectivity index (χ2v) is 7.01. The van der Waals surface area contributed by atoms with Crippen molar-refractivity contribution in [1.29, 1.82) is 0 Å². The Labute approximate surface area is 137 Å². The predicted molar refractivity (Wildman–Crippen MR) is 86.4 cm³/mol. The Balaban J connectivity index is 0.00000242. The number of hydrogen-bond acceptors (Lipinski definition) is 5. The Morgan fingerprint density at radius 1 is 1.45 bits per heavy atom. The molecule has 124 valence electrons. The zero-order valence-corrected chi connectivity index (χ0v) is 14.0. The smallest absolute Gasteiger partial charge is 0.337 e. The molecule has 1 heterocycles. The Bertz CT molecular complexity index is 621. The molecular formula is C14H21ClN2O4S. The molecule has 2 rings (SSSR count). The largest absolute Gasteiger partial charge is 0.465 e. The lowest BCUT2D eigenvalue weighted by atomic mass is 10.1. The number of halogens is 1. The lowest BCUT2D eigenvalue weighted by Crippen LogP contribution is -2.40. The van der Waals surface area contributed by atoms with Crippen molar-refractivity contribution < 1.29 is 17.9 Å². The predicted octanol–water partition coefficient (Wildman–Crippen LogP) is 1.15. The fourth-order valence-electron chi connectivity index (χ4n) is 2.61. The number of rotatable bonds is 5. The van der Waals surface area contributed by atoms with Gasteiger partial charge in [-0.25, -0.2) is 13.2 Å². The molecule has 6 nitrogen and oxygen atoms in total.